The molecule has 0 radical (unpaired) electrons. The largest absolute Gasteiger partial charge is 0.395 e. The Kier molecular flexibility index (Phi) is 4.46. The van der Waals surface area contributed by atoms with Crippen molar-refractivity contribution in [2.24, 2.45) is 5.41 Å². The second-order valence-electron chi connectivity index (χ2n) is 2.30. The first kappa shape index (κ1) is 11.8. The Morgan fingerprint density at radius 1 is 0.909 bits per heavy atom. The Balaban J connectivity index is 4.54. The van der Waals surface area contributed by atoms with E-state index < -0.39 is 28.7 Å². The van der Waals surface area contributed by atoms with Crippen LogP contribution in [-0.2, 0) is 0 Å². The number of hydrogen-bond donors (Lipinski definition) is 4. The molecule has 0 aromatic carbocycles. The number of alkyl halides is 2. The Labute approximate surface area is 81.1 Å². The zero-order valence-corrected chi connectivity index (χ0v) is 8.84. The first-order valence-corrected chi connectivity index (χ1v) is 4.45. The van der Waals surface area contributed by atoms with E-state index in [-0.39, 0.29) is 0 Å². The van der Waals surface area contributed by atoms with Gasteiger partial charge in [0.2, 0.25) is 0 Å². The van der Waals surface area contributed by atoms with E-state index in [1.165, 1.54) is 0 Å². The highest BCUT2D eigenvalue weighted by molar-refractivity contribution is 9.25. The van der Waals surface area contributed by atoms with E-state index in [1.807, 2.05) is 0 Å². The van der Waals surface area contributed by atoms with Gasteiger partial charge in [-0.3, -0.25) is 0 Å². The number of aliphatic hydroxyl groups is 4. The van der Waals surface area contributed by atoms with Crippen molar-refractivity contribution in [1.82, 2.24) is 0 Å². The Morgan fingerprint density at radius 3 is 1.18 bits per heavy atom. The third-order valence-electron chi connectivity index (χ3n) is 1.55. The molecule has 0 atom stereocenters. The summed E-state index contributed by atoms with van der Waals surface area (Å²) in [6.07, 6.45) is 0. The van der Waals surface area contributed by atoms with E-state index in [1.54, 1.807) is 0 Å². The van der Waals surface area contributed by atoms with Crippen LogP contribution in [0.15, 0.2) is 0 Å². The van der Waals surface area contributed by atoms with E-state index in [2.05, 4.69) is 31.9 Å². The molecule has 0 amide bonds. The van der Waals surface area contributed by atoms with Crippen LogP contribution in [0.3, 0.4) is 0 Å². The fraction of sp³-hybridized carbons (Fsp3) is 1.00. The fourth-order valence-electron chi connectivity index (χ4n) is 0.435. The minimum atomic E-state index is -1.66. The zero-order valence-electron chi connectivity index (χ0n) is 5.67. The van der Waals surface area contributed by atoms with Crippen LogP contribution in [0.2, 0.25) is 0 Å². The van der Waals surface area contributed by atoms with Crippen LogP contribution in [-0.4, -0.2) is 43.7 Å². The number of aliphatic hydroxyl groups excluding tert-OH is 3. The quantitative estimate of drug-likeness (QED) is 0.521. The molecule has 0 fully saturated rings. The van der Waals surface area contributed by atoms with Crippen LogP contribution in [0.1, 0.15) is 0 Å². The van der Waals surface area contributed by atoms with Gasteiger partial charge in [0.1, 0.15) is 0 Å². The zero-order chi connectivity index (χ0) is 9.12. The summed E-state index contributed by atoms with van der Waals surface area (Å²) in [6.45, 7) is -1.60. The van der Waals surface area contributed by atoms with Gasteiger partial charge in [-0.05, 0) is 31.9 Å². The van der Waals surface area contributed by atoms with Crippen LogP contribution >= 0.6 is 31.9 Å². The van der Waals surface area contributed by atoms with Crippen molar-refractivity contribution in [3.05, 3.63) is 0 Å². The molecular formula is C5H10Br2O4. The van der Waals surface area contributed by atoms with E-state index in [0.717, 1.165) is 0 Å². The van der Waals surface area contributed by atoms with Crippen molar-refractivity contribution in [2.75, 3.05) is 19.8 Å². The van der Waals surface area contributed by atoms with Gasteiger partial charge in [0.15, 0.2) is 3.42 Å². The molecule has 0 aliphatic heterocycles. The van der Waals surface area contributed by atoms with Crippen molar-refractivity contribution < 1.29 is 20.4 Å². The molecule has 4 N–H and O–H groups in total. The third kappa shape index (κ3) is 2.37. The summed E-state index contributed by atoms with van der Waals surface area (Å²) in [5.74, 6) is 0. The lowest BCUT2D eigenvalue weighted by molar-refractivity contribution is -0.0558. The second kappa shape index (κ2) is 4.15. The van der Waals surface area contributed by atoms with E-state index >= 15 is 0 Å². The number of rotatable bonds is 4. The molecule has 11 heavy (non-hydrogen) atoms. The number of halogens is 2. The highest BCUT2D eigenvalue weighted by Gasteiger charge is 2.46. The highest BCUT2D eigenvalue weighted by atomic mass is 79.9. The minimum absolute atomic E-state index is 0.535. The average Bonchev–Trinajstić information content (AvgIpc) is 1.90. The first-order chi connectivity index (χ1) is 4.93. The summed E-state index contributed by atoms with van der Waals surface area (Å²) in [5, 5.41) is 35.6. The maximum atomic E-state index is 9.28. The van der Waals surface area contributed by atoms with Gasteiger partial charge >= 0.3 is 0 Å². The van der Waals surface area contributed by atoms with Crippen LogP contribution in [0.5, 0.6) is 0 Å². The SMILES string of the molecule is OCC(CO)(CO)C(O)(Br)Br. The lowest BCUT2D eigenvalue weighted by Gasteiger charge is -2.35. The van der Waals surface area contributed by atoms with Crippen molar-refractivity contribution in [1.29, 1.82) is 0 Å². The molecule has 0 rings (SSSR count). The van der Waals surface area contributed by atoms with E-state index in [0.29, 0.717) is 0 Å². The topological polar surface area (TPSA) is 80.9 Å². The molecule has 0 aliphatic carbocycles. The van der Waals surface area contributed by atoms with E-state index in [4.69, 9.17) is 15.3 Å². The highest BCUT2D eigenvalue weighted by Crippen LogP contribution is 2.41. The smallest absolute Gasteiger partial charge is 0.187 e. The molecule has 68 valence electrons. The van der Waals surface area contributed by atoms with Gasteiger partial charge in [0, 0.05) is 0 Å². The maximum absolute atomic E-state index is 9.28. The van der Waals surface area contributed by atoms with Crippen molar-refractivity contribution in [2.45, 2.75) is 3.42 Å². The summed E-state index contributed by atoms with van der Waals surface area (Å²) in [4.78, 5) is 0. The molecule has 0 heterocycles. The molecule has 0 bridgehead atoms. The van der Waals surface area contributed by atoms with E-state index in [9.17, 15) is 5.11 Å². The molecule has 0 aliphatic rings. The minimum Gasteiger partial charge on any atom is -0.395 e. The van der Waals surface area contributed by atoms with Crippen LogP contribution in [0.25, 0.3) is 0 Å². The molecule has 0 spiro atoms. The molecule has 4 nitrogen and oxygen atoms in total. The molecule has 0 aromatic rings. The van der Waals surface area contributed by atoms with Crippen LogP contribution in [0.4, 0.5) is 0 Å². The lowest BCUT2D eigenvalue weighted by atomic mass is 9.92. The van der Waals surface area contributed by atoms with Gasteiger partial charge in [-0.15, -0.1) is 0 Å². The second-order valence-corrected chi connectivity index (χ2v) is 5.66. The van der Waals surface area contributed by atoms with Crippen molar-refractivity contribution >= 4 is 31.9 Å². The van der Waals surface area contributed by atoms with Gasteiger partial charge in [-0.1, -0.05) is 0 Å². The fourth-order valence-corrected chi connectivity index (χ4v) is 1.19. The van der Waals surface area contributed by atoms with Crippen molar-refractivity contribution in [3.8, 4) is 0 Å². The molecule has 0 saturated carbocycles. The molecule has 6 heteroatoms. The standard InChI is InChI=1S/C5H10Br2O4/c6-5(7,11)4(1-8,2-9)3-10/h8-11H,1-3H2. The Hall–Kier alpha value is 0.800. The maximum Gasteiger partial charge on any atom is 0.187 e. The molecule has 0 saturated heterocycles. The van der Waals surface area contributed by atoms with Gasteiger partial charge in [0.05, 0.1) is 25.2 Å². The molecular weight excluding hydrogens is 284 g/mol. The monoisotopic (exact) mass is 292 g/mol. The molecule has 0 aromatic heterocycles. The summed E-state index contributed by atoms with van der Waals surface area (Å²) in [5.41, 5.74) is -1.38. The lowest BCUT2D eigenvalue weighted by Crippen LogP contribution is -2.48. The Bertz CT molecular complexity index is 110. The van der Waals surface area contributed by atoms with Gasteiger partial charge in [0.25, 0.3) is 0 Å². The van der Waals surface area contributed by atoms with Crippen LogP contribution in [0, 0.1) is 5.41 Å². The summed E-state index contributed by atoms with van der Waals surface area (Å²) in [7, 11) is 0. The van der Waals surface area contributed by atoms with Gasteiger partial charge in [-0.25, -0.2) is 0 Å². The van der Waals surface area contributed by atoms with Crippen LogP contribution < -0.4 is 0 Å². The normalized spacial score (nSPS) is 13.6. The summed E-state index contributed by atoms with van der Waals surface area (Å²) >= 11 is 5.55. The first-order valence-electron chi connectivity index (χ1n) is 2.86. The number of hydrogen-bond acceptors (Lipinski definition) is 4. The summed E-state index contributed by atoms with van der Waals surface area (Å²) in [6, 6.07) is 0. The van der Waals surface area contributed by atoms with Gasteiger partial charge < -0.3 is 20.4 Å². The predicted molar refractivity (Wildman–Crippen MR) is 46.5 cm³/mol. The average molecular weight is 294 g/mol. The Morgan fingerprint density at radius 2 is 1.18 bits per heavy atom. The predicted octanol–water partition coefficient (Wildman–Crippen LogP) is -0.614. The third-order valence-corrected chi connectivity index (χ3v) is 3.23. The van der Waals surface area contributed by atoms with Gasteiger partial charge in [-0.2, -0.15) is 0 Å². The molecule has 0 unspecified atom stereocenters. The van der Waals surface area contributed by atoms with Crippen molar-refractivity contribution in [3.63, 3.8) is 0 Å². The summed E-state index contributed by atoms with van der Waals surface area (Å²) < 4.78 is -1.66.